The lowest BCUT2D eigenvalue weighted by atomic mass is 9.89. The Balaban J connectivity index is 1.60. The summed E-state index contributed by atoms with van der Waals surface area (Å²) in [5, 5.41) is 9.41. The fraction of sp³-hybridized carbons (Fsp3) is 0.355. The quantitative estimate of drug-likeness (QED) is 0.402. The summed E-state index contributed by atoms with van der Waals surface area (Å²) >= 11 is 0. The third-order valence-electron chi connectivity index (χ3n) is 6.95. The molecule has 1 N–H and O–H groups in total. The zero-order valence-corrected chi connectivity index (χ0v) is 21.5. The molecule has 1 unspecified atom stereocenters. The monoisotopic (exact) mass is 485 g/mol. The summed E-state index contributed by atoms with van der Waals surface area (Å²) in [6, 6.07) is 23.9. The van der Waals surface area contributed by atoms with Crippen LogP contribution in [0.15, 0.2) is 72.8 Å². The molecule has 0 saturated carbocycles. The van der Waals surface area contributed by atoms with Gasteiger partial charge in [0.25, 0.3) is 5.91 Å². The molecule has 0 aromatic heterocycles. The van der Waals surface area contributed by atoms with Crippen LogP contribution in [0, 0.1) is 0 Å². The molecule has 1 aliphatic rings. The van der Waals surface area contributed by atoms with Gasteiger partial charge in [0.05, 0.1) is 0 Å². The summed E-state index contributed by atoms with van der Waals surface area (Å²) in [5.41, 5.74) is 3.63. The second kappa shape index (κ2) is 10.6. The Kier molecular flexibility index (Phi) is 7.48. The van der Waals surface area contributed by atoms with Crippen molar-refractivity contribution in [3.8, 4) is 16.9 Å². The van der Waals surface area contributed by atoms with Crippen LogP contribution in [0.1, 0.15) is 73.9 Å². The molecule has 0 radical (unpaired) electrons. The van der Waals surface area contributed by atoms with Crippen molar-refractivity contribution in [2.45, 2.75) is 58.0 Å². The molecular formula is C31H35NO4. The molecule has 188 valence electrons. The molecular weight excluding hydrogens is 450 g/mol. The molecule has 1 aliphatic heterocycles. The second-order valence-corrected chi connectivity index (χ2v) is 10.4. The minimum atomic E-state index is -1.32. The normalized spacial score (nSPS) is 16.1. The van der Waals surface area contributed by atoms with Gasteiger partial charge in [-0.1, -0.05) is 68.4 Å². The van der Waals surface area contributed by atoms with E-state index in [1.165, 1.54) is 0 Å². The van der Waals surface area contributed by atoms with Gasteiger partial charge >= 0.3 is 5.97 Å². The molecule has 0 bridgehead atoms. The first-order chi connectivity index (χ1) is 17.2. The van der Waals surface area contributed by atoms with Gasteiger partial charge in [0.2, 0.25) is 0 Å². The van der Waals surface area contributed by atoms with Gasteiger partial charge in [-0.15, -0.1) is 0 Å². The van der Waals surface area contributed by atoms with Crippen LogP contribution in [-0.2, 0) is 4.79 Å². The maximum atomic E-state index is 13.9. The van der Waals surface area contributed by atoms with Crippen LogP contribution in [0.3, 0.4) is 0 Å². The molecule has 5 nitrogen and oxygen atoms in total. The van der Waals surface area contributed by atoms with E-state index in [4.69, 9.17) is 4.74 Å². The van der Waals surface area contributed by atoms with E-state index >= 15 is 0 Å². The van der Waals surface area contributed by atoms with Crippen molar-refractivity contribution in [1.82, 2.24) is 4.90 Å². The molecule has 36 heavy (non-hydrogen) atoms. The smallest absolute Gasteiger partial charge is 0.347 e. The van der Waals surface area contributed by atoms with E-state index in [2.05, 4.69) is 32.0 Å². The maximum absolute atomic E-state index is 13.9. The number of piperidine rings is 1. The topological polar surface area (TPSA) is 66.8 Å². The number of carbonyl (C=O) groups is 2. The van der Waals surface area contributed by atoms with Gasteiger partial charge in [-0.2, -0.15) is 0 Å². The zero-order chi connectivity index (χ0) is 25.9. The fourth-order valence-corrected chi connectivity index (χ4v) is 4.74. The van der Waals surface area contributed by atoms with Crippen molar-refractivity contribution in [3.05, 3.63) is 89.5 Å². The van der Waals surface area contributed by atoms with Crippen LogP contribution in [0.25, 0.3) is 11.1 Å². The van der Waals surface area contributed by atoms with Crippen molar-refractivity contribution < 1.29 is 19.4 Å². The van der Waals surface area contributed by atoms with Crippen LogP contribution < -0.4 is 4.74 Å². The number of carboxylic acid groups (broad SMARTS) is 1. The number of benzene rings is 3. The summed E-state index contributed by atoms with van der Waals surface area (Å²) in [7, 11) is 0. The highest BCUT2D eigenvalue weighted by Crippen LogP contribution is 2.33. The van der Waals surface area contributed by atoms with Gasteiger partial charge in [0.15, 0.2) is 5.60 Å². The second-order valence-electron chi connectivity index (χ2n) is 10.4. The molecule has 1 amide bonds. The van der Waals surface area contributed by atoms with Gasteiger partial charge in [-0.25, -0.2) is 4.79 Å². The molecule has 1 fully saturated rings. The Morgan fingerprint density at radius 1 is 1.00 bits per heavy atom. The number of nitrogens with zero attached hydrogens (tertiary/aromatic N) is 1. The minimum Gasteiger partial charge on any atom is -0.478 e. The highest BCUT2D eigenvalue weighted by molar-refractivity contribution is 6.01. The van der Waals surface area contributed by atoms with Crippen molar-refractivity contribution in [2.75, 3.05) is 13.1 Å². The highest BCUT2D eigenvalue weighted by Gasteiger charge is 2.31. The van der Waals surface area contributed by atoms with Crippen molar-refractivity contribution in [3.63, 3.8) is 0 Å². The fourth-order valence-electron chi connectivity index (χ4n) is 4.74. The summed E-state index contributed by atoms with van der Waals surface area (Å²) in [4.78, 5) is 27.4. The first-order valence-electron chi connectivity index (χ1n) is 12.7. The standard InChI is InChI=1S/C31H35NO4/c1-21(2)23-15-16-27(22-10-6-5-7-11-22)28(19-23)29(33)32-17-9-13-25(20-32)24-12-8-14-26(18-24)36-31(3,4)30(34)35/h5-8,10-12,14-16,18-19,21,25H,9,13,17,20H2,1-4H3,(H,34,35). The summed E-state index contributed by atoms with van der Waals surface area (Å²) < 4.78 is 5.76. The average Bonchev–Trinajstić information content (AvgIpc) is 2.88. The zero-order valence-electron chi connectivity index (χ0n) is 21.5. The van der Waals surface area contributed by atoms with E-state index in [1.54, 1.807) is 19.9 Å². The average molecular weight is 486 g/mol. The third-order valence-corrected chi connectivity index (χ3v) is 6.95. The van der Waals surface area contributed by atoms with Crippen LogP contribution in [0.5, 0.6) is 5.75 Å². The van der Waals surface area contributed by atoms with Gasteiger partial charge < -0.3 is 14.7 Å². The van der Waals surface area contributed by atoms with E-state index in [-0.39, 0.29) is 11.8 Å². The molecule has 1 heterocycles. The van der Waals surface area contributed by atoms with E-state index < -0.39 is 11.6 Å². The van der Waals surface area contributed by atoms with Gasteiger partial charge in [-0.05, 0) is 73.1 Å². The van der Waals surface area contributed by atoms with Crippen LogP contribution in [-0.4, -0.2) is 40.6 Å². The van der Waals surface area contributed by atoms with Crippen LogP contribution in [0.4, 0.5) is 0 Å². The molecule has 3 aromatic rings. The van der Waals surface area contributed by atoms with E-state index in [1.807, 2.05) is 53.4 Å². The highest BCUT2D eigenvalue weighted by atomic mass is 16.5. The van der Waals surface area contributed by atoms with Gasteiger partial charge in [0, 0.05) is 24.6 Å². The van der Waals surface area contributed by atoms with E-state index in [9.17, 15) is 14.7 Å². The van der Waals surface area contributed by atoms with E-state index in [0.717, 1.165) is 47.2 Å². The Hall–Kier alpha value is -3.60. The predicted molar refractivity (Wildman–Crippen MR) is 143 cm³/mol. The largest absolute Gasteiger partial charge is 0.478 e. The number of hydrogen-bond acceptors (Lipinski definition) is 3. The SMILES string of the molecule is CC(C)c1ccc(-c2ccccc2)c(C(=O)N2CCCC(c3cccc(OC(C)(C)C(=O)O)c3)C2)c1. The number of aliphatic carboxylic acids is 1. The van der Waals surface area contributed by atoms with Gasteiger partial charge in [0.1, 0.15) is 5.75 Å². The summed E-state index contributed by atoms with van der Waals surface area (Å²) in [6.07, 6.45) is 1.87. The molecule has 1 saturated heterocycles. The first-order valence-corrected chi connectivity index (χ1v) is 12.7. The molecule has 1 atom stereocenters. The summed E-state index contributed by atoms with van der Waals surface area (Å²) in [5.74, 6) is 0.0564. The first kappa shape index (κ1) is 25.5. The maximum Gasteiger partial charge on any atom is 0.347 e. The lowest BCUT2D eigenvalue weighted by Gasteiger charge is -2.34. The number of rotatable bonds is 7. The number of ether oxygens (including phenoxy) is 1. The van der Waals surface area contributed by atoms with Crippen molar-refractivity contribution in [2.24, 2.45) is 0 Å². The number of carboxylic acids is 1. The number of carbonyl (C=O) groups excluding carboxylic acids is 1. The Morgan fingerprint density at radius 3 is 2.44 bits per heavy atom. The lowest BCUT2D eigenvalue weighted by molar-refractivity contribution is -0.152. The molecule has 3 aromatic carbocycles. The predicted octanol–water partition coefficient (Wildman–Crippen LogP) is 6.74. The minimum absolute atomic E-state index is 0.0560. The van der Waals surface area contributed by atoms with Crippen molar-refractivity contribution in [1.29, 1.82) is 0 Å². The van der Waals surface area contributed by atoms with Crippen molar-refractivity contribution >= 4 is 11.9 Å². The Labute approximate surface area is 213 Å². The van der Waals surface area contributed by atoms with Crippen LogP contribution >= 0.6 is 0 Å². The number of likely N-dealkylation sites (tertiary alicyclic amines) is 1. The molecule has 5 heteroatoms. The third kappa shape index (κ3) is 5.62. The van der Waals surface area contributed by atoms with Crippen LogP contribution in [0.2, 0.25) is 0 Å². The molecule has 0 spiro atoms. The molecule has 4 rings (SSSR count). The molecule has 0 aliphatic carbocycles. The van der Waals surface area contributed by atoms with E-state index in [0.29, 0.717) is 18.2 Å². The lowest BCUT2D eigenvalue weighted by Crippen LogP contribution is -2.39. The number of hydrogen-bond donors (Lipinski definition) is 1. The Morgan fingerprint density at radius 2 is 1.75 bits per heavy atom. The number of amides is 1. The Bertz CT molecular complexity index is 1230. The van der Waals surface area contributed by atoms with Gasteiger partial charge in [-0.3, -0.25) is 4.79 Å². The summed E-state index contributed by atoms with van der Waals surface area (Å²) in [6.45, 7) is 8.70.